The molecule has 1 aromatic rings. The van der Waals surface area contributed by atoms with Gasteiger partial charge in [-0.1, -0.05) is 12.5 Å². The number of halogens is 1. The molecule has 0 N–H and O–H groups in total. The standard InChI is InChI=1S/C13H19ClN2O/c1-17-13-11(4-3-8-15-13)10-16(9-7-14)12-5-2-6-12/h3-4,8,12H,2,5-7,9-10H2,1H3. The maximum atomic E-state index is 5.87. The Morgan fingerprint density at radius 1 is 1.53 bits per heavy atom. The highest BCUT2D eigenvalue weighted by atomic mass is 35.5. The first kappa shape index (κ1) is 12.7. The van der Waals surface area contributed by atoms with Gasteiger partial charge in [0.25, 0.3) is 0 Å². The second-order valence-corrected chi connectivity index (χ2v) is 4.79. The van der Waals surface area contributed by atoms with Gasteiger partial charge in [0.1, 0.15) is 0 Å². The lowest BCUT2D eigenvalue weighted by Crippen LogP contribution is -2.40. The number of nitrogens with zero attached hydrogens (tertiary/aromatic N) is 2. The molecule has 0 atom stereocenters. The van der Waals surface area contributed by atoms with E-state index in [-0.39, 0.29) is 0 Å². The van der Waals surface area contributed by atoms with Crippen molar-refractivity contribution >= 4 is 11.6 Å². The Balaban J connectivity index is 2.05. The summed E-state index contributed by atoms with van der Waals surface area (Å²) < 4.78 is 5.28. The van der Waals surface area contributed by atoms with Gasteiger partial charge in [0, 0.05) is 36.8 Å². The zero-order chi connectivity index (χ0) is 12.1. The number of methoxy groups -OCH3 is 1. The summed E-state index contributed by atoms with van der Waals surface area (Å²) in [7, 11) is 1.67. The van der Waals surface area contributed by atoms with E-state index in [0.717, 1.165) is 24.5 Å². The second kappa shape index (κ2) is 6.22. The van der Waals surface area contributed by atoms with Crippen LogP contribution in [0, 0.1) is 0 Å². The van der Waals surface area contributed by atoms with Crippen LogP contribution in [0.4, 0.5) is 0 Å². The van der Waals surface area contributed by atoms with Crippen LogP contribution in [-0.4, -0.2) is 35.5 Å². The largest absolute Gasteiger partial charge is 0.481 e. The molecule has 1 aliphatic carbocycles. The average molecular weight is 255 g/mol. The smallest absolute Gasteiger partial charge is 0.217 e. The van der Waals surface area contributed by atoms with Crippen molar-refractivity contribution in [2.24, 2.45) is 0 Å². The van der Waals surface area contributed by atoms with E-state index in [4.69, 9.17) is 16.3 Å². The molecule has 1 heterocycles. The Kier molecular flexibility index (Phi) is 4.63. The molecule has 3 nitrogen and oxygen atoms in total. The fourth-order valence-corrected chi connectivity index (χ4v) is 2.42. The Morgan fingerprint density at radius 2 is 2.35 bits per heavy atom. The van der Waals surface area contributed by atoms with Gasteiger partial charge in [0.15, 0.2) is 0 Å². The third-order valence-electron chi connectivity index (χ3n) is 3.38. The molecule has 0 unspecified atom stereocenters. The van der Waals surface area contributed by atoms with Crippen LogP contribution < -0.4 is 4.74 Å². The van der Waals surface area contributed by atoms with Gasteiger partial charge in [-0.15, -0.1) is 11.6 Å². The lowest BCUT2D eigenvalue weighted by Gasteiger charge is -2.37. The summed E-state index contributed by atoms with van der Waals surface area (Å²) in [5.74, 6) is 1.41. The van der Waals surface area contributed by atoms with Crippen molar-refractivity contribution in [1.82, 2.24) is 9.88 Å². The number of rotatable bonds is 6. The highest BCUT2D eigenvalue weighted by Crippen LogP contribution is 2.27. The molecular weight excluding hydrogens is 236 g/mol. The third-order valence-corrected chi connectivity index (χ3v) is 3.55. The average Bonchev–Trinajstić information content (AvgIpc) is 2.28. The fraction of sp³-hybridized carbons (Fsp3) is 0.615. The van der Waals surface area contributed by atoms with Crippen LogP contribution in [-0.2, 0) is 6.54 Å². The first-order valence-electron chi connectivity index (χ1n) is 6.13. The molecule has 4 heteroatoms. The SMILES string of the molecule is COc1ncccc1CN(CCCl)C1CCC1. The first-order valence-corrected chi connectivity index (χ1v) is 6.66. The number of alkyl halides is 1. The lowest BCUT2D eigenvalue weighted by molar-refractivity contribution is 0.126. The molecule has 0 amide bonds. The van der Waals surface area contributed by atoms with Gasteiger partial charge in [0.2, 0.25) is 5.88 Å². The van der Waals surface area contributed by atoms with Gasteiger partial charge in [-0.2, -0.15) is 0 Å². The van der Waals surface area contributed by atoms with E-state index >= 15 is 0 Å². The summed E-state index contributed by atoms with van der Waals surface area (Å²) in [6.07, 6.45) is 5.68. The van der Waals surface area contributed by atoms with Crippen LogP contribution in [0.2, 0.25) is 0 Å². The van der Waals surface area contributed by atoms with Gasteiger partial charge in [-0.3, -0.25) is 4.90 Å². The predicted octanol–water partition coefficient (Wildman–Crippen LogP) is 2.68. The molecule has 1 aromatic heterocycles. The minimum Gasteiger partial charge on any atom is -0.481 e. The van der Waals surface area contributed by atoms with E-state index < -0.39 is 0 Å². The van der Waals surface area contributed by atoms with Crippen LogP contribution >= 0.6 is 11.6 Å². The normalized spacial score (nSPS) is 15.9. The molecule has 0 aliphatic heterocycles. The summed E-state index contributed by atoms with van der Waals surface area (Å²) in [6, 6.07) is 4.72. The molecule has 17 heavy (non-hydrogen) atoms. The summed E-state index contributed by atoms with van der Waals surface area (Å²) in [5.41, 5.74) is 1.15. The molecule has 0 saturated heterocycles. The zero-order valence-corrected chi connectivity index (χ0v) is 11.0. The quantitative estimate of drug-likeness (QED) is 0.730. The molecule has 1 saturated carbocycles. The summed E-state index contributed by atoms with van der Waals surface area (Å²) >= 11 is 5.87. The van der Waals surface area contributed by atoms with E-state index in [1.165, 1.54) is 19.3 Å². The van der Waals surface area contributed by atoms with E-state index in [0.29, 0.717) is 11.9 Å². The highest BCUT2D eigenvalue weighted by molar-refractivity contribution is 6.18. The van der Waals surface area contributed by atoms with Gasteiger partial charge >= 0.3 is 0 Å². The highest BCUT2D eigenvalue weighted by Gasteiger charge is 2.25. The number of hydrogen-bond acceptors (Lipinski definition) is 3. The van der Waals surface area contributed by atoms with Crippen molar-refractivity contribution in [1.29, 1.82) is 0 Å². The Bertz CT molecular complexity index is 355. The zero-order valence-electron chi connectivity index (χ0n) is 10.2. The summed E-state index contributed by atoms with van der Waals surface area (Å²) in [5, 5.41) is 0. The van der Waals surface area contributed by atoms with E-state index in [1.807, 2.05) is 6.07 Å². The molecule has 0 aromatic carbocycles. The Hall–Kier alpha value is -0.800. The molecule has 0 bridgehead atoms. The van der Waals surface area contributed by atoms with Gasteiger partial charge < -0.3 is 4.74 Å². The number of hydrogen-bond donors (Lipinski definition) is 0. The van der Waals surface area contributed by atoms with Gasteiger partial charge in [-0.25, -0.2) is 4.98 Å². The molecule has 0 radical (unpaired) electrons. The van der Waals surface area contributed by atoms with Crippen molar-refractivity contribution in [3.8, 4) is 5.88 Å². The summed E-state index contributed by atoms with van der Waals surface area (Å²) in [6.45, 7) is 1.82. The molecule has 0 spiro atoms. The monoisotopic (exact) mass is 254 g/mol. The van der Waals surface area contributed by atoms with Crippen molar-refractivity contribution in [3.05, 3.63) is 23.9 Å². The summed E-state index contributed by atoms with van der Waals surface area (Å²) in [4.78, 5) is 6.67. The topological polar surface area (TPSA) is 25.4 Å². The van der Waals surface area contributed by atoms with Crippen LogP contribution in [0.25, 0.3) is 0 Å². The van der Waals surface area contributed by atoms with E-state index in [9.17, 15) is 0 Å². The third kappa shape index (κ3) is 3.11. The lowest BCUT2D eigenvalue weighted by atomic mass is 9.91. The van der Waals surface area contributed by atoms with E-state index in [2.05, 4.69) is 16.0 Å². The van der Waals surface area contributed by atoms with Crippen molar-refractivity contribution in [2.75, 3.05) is 19.5 Å². The maximum Gasteiger partial charge on any atom is 0.217 e. The minimum atomic E-state index is 0.680. The van der Waals surface area contributed by atoms with Gasteiger partial charge in [-0.05, 0) is 18.9 Å². The number of pyridine rings is 1. The van der Waals surface area contributed by atoms with Crippen molar-refractivity contribution < 1.29 is 4.74 Å². The Morgan fingerprint density at radius 3 is 2.94 bits per heavy atom. The number of aromatic nitrogens is 1. The number of ether oxygens (including phenoxy) is 1. The maximum absolute atomic E-state index is 5.87. The van der Waals surface area contributed by atoms with Crippen LogP contribution in [0.3, 0.4) is 0 Å². The van der Waals surface area contributed by atoms with Crippen LogP contribution in [0.15, 0.2) is 18.3 Å². The minimum absolute atomic E-state index is 0.680. The molecular formula is C13H19ClN2O. The van der Waals surface area contributed by atoms with Crippen LogP contribution in [0.5, 0.6) is 5.88 Å². The molecule has 1 aliphatic rings. The first-order chi connectivity index (χ1) is 8.35. The van der Waals surface area contributed by atoms with Crippen LogP contribution in [0.1, 0.15) is 24.8 Å². The molecule has 94 valence electrons. The second-order valence-electron chi connectivity index (χ2n) is 4.42. The molecule has 2 rings (SSSR count). The Labute approximate surface area is 108 Å². The fourth-order valence-electron chi connectivity index (χ4n) is 2.20. The van der Waals surface area contributed by atoms with Crippen molar-refractivity contribution in [2.45, 2.75) is 31.8 Å². The van der Waals surface area contributed by atoms with Crippen molar-refractivity contribution in [3.63, 3.8) is 0 Å². The predicted molar refractivity (Wildman–Crippen MR) is 69.6 cm³/mol. The van der Waals surface area contributed by atoms with E-state index in [1.54, 1.807) is 13.3 Å². The molecule has 1 fully saturated rings. The van der Waals surface area contributed by atoms with Gasteiger partial charge in [0.05, 0.1) is 7.11 Å².